The van der Waals surface area contributed by atoms with Crippen LogP contribution in [0, 0.1) is 5.92 Å². The molecule has 0 amide bonds. The fraction of sp³-hybridized carbons (Fsp3) is 0.280. The number of nitrogens with one attached hydrogen (secondary N) is 1. The summed E-state index contributed by atoms with van der Waals surface area (Å²) in [5, 5.41) is 2.98. The molecule has 1 N–H and O–H groups in total. The first-order valence-corrected chi connectivity index (χ1v) is 10.7. The van der Waals surface area contributed by atoms with E-state index in [4.69, 9.17) is 4.74 Å². The number of ketones is 1. The summed E-state index contributed by atoms with van der Waals surface area (Å²) in [5.41, 5.74) is 1.19. The van der Waals surface area contributed by atoms with Crippen molar-refractivity contribution in [2.24, 2.45) is 5.92 Å². The number of hydrogen-bond acceptors (Lipinski definition) is 7. The third kappa shape index (κ3) is 5.36. The van der Waals surface area contributed by atoms with E-state index in [9.17, 15) is 4.79 Å². The topological polar surface area (TPSA) is 80.2 Å². The first kappa shape index (κ1) is 24.8. The Morgan fingerprint density at radius 2 is 1.97 bits per heavy atom. The molecule has 0 saturated heterocycles. The molecule has 7 nitrogen and oxygen atoms in total. The van der Waals surface area contributed by atoms with Crippen LogP contribution >= 0.6 is 0 Å². The number of allylic oxidation sites excluding steroid dienone is 2. The van der Waals surface area contributed by atoms with E-state index in [-0.39, 0.29) is 23.1 Å². The summed E-state index contributed by atoms with van der Waals surface area (Å²) in [7, 11) is 3.14. The van der Waals surface area contributed by atoms with Gasteiger partial charge >= 0.3 is 0 Å². The Labute approximate surface area is 197 Å². The number of rotatable bonds is 9. The molecule has 0 aliphatic rings. The van der Waals surface area contributed by atoms with Crippen molar-refractivity contribution in [3.63, 3.8) is 0 Å². The van der Waals surface area contributed by atoms with Crippen molar-refractivity contribution in [1.82, 2.24) is 15.0 Å². The highest BCUT2D eigenvalue weighted by Crippen LogP contribution is 2.41. The van der Waals surface area contributed by atoms with Crippen LogP contribution in [-0.4, -0.2) is 34.9 Å². The van der Waals surface area contributed by atoms with Crippen LogP contribution in [0.1, 0.15) is 36.7 Å². The smallest absolute Gasteiger partial charge is 0.280 e. The van der Waals surface area contributed by atoms with Crippen molar-refractivity contribution in [2.45, 2.75) is 26.7 Å². The van der Waals surface area contributed by atoms with Gasteiger partial charge in [0.05, 0.1) is 30.8 Å². The number of alkyl halides is 2. The molecule has 0 fully saturated rings. The molecule has 0 bridgehead atoms. The van der Waals surface area contributed by atoms with Crippen molar-refractivity contribution in [2.75, 3.05) is 24.4 Å². The third-order valence-electron chi connectivity index (χ3n) is 5.21. The average molecular weight is 468 g/mol. The molecule has 1 aromatic carbocycles. The molecule has 2 heterocycles. The van der Waals surface area contributed by atoms with Crippen LogP contribution in [0.2, 0.25) is 0 Å². The number of nitrogens with zero attached hydrogens (tertiary/aromatic N) is 4. The Bertz CT molecular complexity index is 1200. The van der Waals surface area contributed by atoms with E-state index in [1.165, 1.54) is 31.9 Å². The Hall–Kier alpha value is -3.88. The fourth-order valence-corrected chi connectivity index (χ4v) is 3.20. The Morgan fingerprint density at radius 3 is 2.65 bits per heavy atom. The second kappa shape index (κ2) is 10.4. The van der Waals surface area contributed by atoms with Crippen molar-refractivity contribution < 1.29 is 18.3 Å². The molecule has 9 heteroatoms. The van der Waals surface area contributed by atoms with Gasteiger partial charge in [-0.05, 0) is 25.1 Å². The number of anilines is 4. The van der Waals surface area contributed by atoms with Crippen LogP contribution in [0.3, 0.4) is 0 Å². The van der Waals surface area contributed by atoms with Gasteiger partial charge in [-0.2, -0.15) is 4.98 Å². The lowest BCUT2D eigenvalue weighted by molar-refractivity contribution is -0.0513. The van der Waals surface area contributed by atoms with Crippen LogP contribution in [0.15, 0.2) is 61.1 Å². The summed E-state index contributed by atoms with van der Waals surface area (Å²) in [6.07, 6.45) is 7.31. The number of aromatic nitrogens is 3. The fourth-order valence-electron chi connectivity index (χ4n) is 3.20. The molecule has 0 atom stereocenters. The molecule has 0 aliphatic heterocycles. The molecule has 3 rings (SSSR count). The van der Waals surface area contributed by atoms with Gasteiger partial charge in [-0.15, -0.1) is 0 Å². The van der Waals surface area contributed by atoms with Crippen molar-refractivity contribution in [3.05, 3.63) is 72.2 Å². The van der Waals surface area contributed by atoms with Crippen molar-refractivity contribution in [3.8, 4) is 5.75 Å². The van der Waals surface area contributed by atoms with E-state index in [2.05, 4.69) is 20.3 Å². The van der Waals surface area contributed by atoms with Gasteiger partial charge in [0.2, 0.25) is 5.95 Å². The van der Waals surface area contributed by atoms with Crippen molar-refractivity contribution >= 4 is 28.9 Å². The Balaban J connectivity index is 2.07. The number of ether oxygens (including phenoxy) is 1. The minimum Gasteiger partial charge on any atom is -0.495 e. The van der Waals surface area contributed by atoms with E-state index in [1.54, 1.807) is 62.8 Å². The van der Waals surface area contributed by atoms with Crippen LogP contribution in [0.5, 0.6) is 5.75 Å². The number of methoxy groups -OCH3 is 1. The van der Waals surface area contributed by atoms with Crippen molar-refractivity contribution in [1.29, 1.82) is 0 Å². The first-order valence-electron chi connectivity index (χ1n) is 10.7. The number of carbonyl (C=O) groups excluding carboxylic acids is 1. The third-order valence-corrected chi connectivity index (χ3v) is 5.21. The van der Waals surface area contributed by atoms with Gasteiger partial charge < -0.3 is 15.0 Å². The van der Waals surface area contributed by atoms with E-state index in [0.717, 1.165) is 6.20 Å². The summed E-state index contributed by atoms with van der Waals surface area (Å²) < 4.78 is 35.5. The molecule has 2 aromatic heterocycles. The van der Waals surface area contributed by atoms with Crippen LogP contribution in [0.25, 0.3) is 0 Å². The highest BCUT2D eigenvalue weighted by atomic mass is 19.3. The van der Waals surface area contributed by atoms with Gasteiger partial charge in [0, 0.05) is 36.5 Å². The number of hydrogen-bond donors (Lipinski definition) is 1. The standard InChI is InChI=1S/C25H27F2N5O2/c1-6-8-22(33)17-9-7-10-19(11-17)32(4)23-21(25(26,27)16(2)3)15-29-24(31-23)30-18-12-20(34-5)14-28-13-18/h6-16H,1-5H3,(H,29,30,31)/b8-6+. The zero-order valence-electron chi connectivity index (χ0n) is 19.7. The zero-order valence-corrected chi connectivity index (χ0v) is 19.7. The minimum absolute atomic E-state index is 0.0164. The summed E-state index contributed by atoms with van der Waals surface area (Å²) in [4.78, 5) is 26.4. The summed E-state index contributed by atoms with van der Waals surface area (Å²) in [6.45, 7) is 4.63. The molecule has 0 unspecified atom stereocenters. The number of halogens is 2. The summed E-state index contributed by atoms with van der Waals surface area (Å²) in [5.74, 6) is -3.69. The lowest BCUT2D eigenvalue weighted by Gasteiger charge is -2.27. The maximum atomic E-state index is 15.2. The quantitative estimate of drug-likeness (QED) is 0.310. The van der Waals surface area contributed by atoms with E-state index >= 15 is 8.78 Å². The van der Waals surface area contributed by atoms with E-state index < -0.39 is 11.8 Å². The Morgan fingerprint density at radius 1 is 1.21 bits per heavy atom. The monoisotopic (exact) mass is 467 g/mol. The lowest BCUT2D eigenvalue weighted by Crippen LogP contribution is -2.26. The van der Waals surface area contributed by atoms with Gasteiger partial charge in [-0.3, -0.25) is 9.78 Å². The average Bonchev–Trinajstić information content (AvgIpc) is 2.83. The van der Waals surface area contributed by atoms with E-state index in [0.29, 0.717) is 22.7 Å². The molecular formula is C25H27F2N5O2. The highest BCUT2D eigenvalue weighted by Gasteiger charge is 2.40. The molecule has 178 valence electrons. The molecule has 0 spiro atoms. The first-order chi connectivity index (χ1) is 16.2. The second-order valence-electron chi connectivity index (χ2n) is 7.92. The molecule has 0 radical (unpaired) electrons. The predicted molar refractivity (Wildman–Crippen MR) is 128 cm³/mol. The SMILES string of the molecule is C/C=C/C(=O)c1cccc(N(C)c2nc(Nc3cncc(OC)c3)ncc2C(F)(F)C(C)C)c1. The van der Waals surface area contributed by atoms with Gasteiger partial charge in [0.25, 0.3) is 5.92 Å². The summed E-state index contributed by atoms with van der Waals surface area (Å²) >= 11 is 0. The second-order valence-corrected chi connectivity index (χ2v) is 7.92. The summed E-state index contributed by atoms with van der Waals surface area (Å²) in [6, 6.07) is 8.43. The van der Waals surface area contributed by atoms with Gasteiger partial charge in [0.15, 0.2) is 5.78 Å². The number of carbonyl (C=O) groups is 1. The van der Waals surface area contributed by atoms with E-state index in [1.807, 2.05) is 0 Å². The van der Waals surface area contributed by atoms with Gasteiger partial charge in [-0.25, -0.2) is 13.8 Å². The number of benzene rings is 1. The molecule has 0 aliphatic carbocycles. The molecule has 34 heavy (non-hydrogen) atoms. The molecular weight excluding hydrogens is 440 g/mol. The van der Waals surface area contributed by atoms with Crippen LogP contribution in [0.4, 0.5) is 31.9 Å². The maximum absolute atomic E-state index is 15.2. The van der Waals surface area contributed by atoms with Crippen LogP contribution < -0.4 is 15.0 Å². The highest BCUT2D eigenvalue weighted by molar-refractivity contribution is 6.05. The van der Waals surface area contributed by atoms with Gasteiger partial charge in [-0.1, -0.05) is 32.1 Å². The maximum Gasteiger partial charge on any atom is 0.280 e. The number of pyridine rings is 1. The zero-order chi connectivity index (χ0) is 24.9. The lowest BCUT2D eigenvalue weighted by atomic mass is 9.99. The van der Waals surface area contributed by atoms with Gasteiger partial charge in [0.1, 0.15) is 11.6 Å². The largest absolute Gasteiger partial charge is 0.495 e. The van der Waals surface area contributed by atoms with Crippen LogP contribution in [-0.2, 0) is 5.92 Å². The Kier molecular flexibility index (Phi) is 7.55. The molecule has 3 aromatic rings. The molecule has 0 saturated carbocycles. The minimum atomic E-state index is -3.18. The predicted octanol–water partition coefficient (Wildman–Crippen LogP) is 5.90. The normalized spacial score (nSPS) is 11.6.